The van der Waals surface area contributed by atoms with Crippen molar-refractivity contribution in [3.63, 3.8) is 0 Å². The van der Waals surface area contributed by atoms with Gasteiger partial charge in [-0.2, -0.15) is 0 Å². The molecular formula is C16H21BrO. The fourth-order valence-corrected chi connectivity index (χ4v) is 3.91. The molecule has 1 heterocycles. The lowest BCUT2D eigenvalue weighted by atomic mass is 9.87. The zero-order chi connectivity index (χ0) is 12.6. The molecule has 0 bridgehead atoms. The minimum atomic E-state index is -0.0249. The molecule has 1 nitrogen and oxygen atoms in total. The smallest absolute Gasteiger partial charge is 0.0820 e. The average Bonchev–Trinajstić information content (AvgIpc) is 2.85. The van der Waals surface area contributed by atoms with Crippen LogP contribution in [0.5, 0.6) is 0 Å². The van der Waals surface area contributed by atoms with Crippen LogP contribution in [-0.2, 0) is 17.6 Å². The third-order valence-corrected chi connectivity index (χ3v) is 5.95. The van der Waals surface area contributed by atoms with Gasteiger partial charge in [0.15, 0.2) is 0 Å². The van der Waals surface area contributed by atoms with Crippen molar-refractivity contribution >= 4 is 15.9 Å². The van der Waals surface area contributed by atoms with E-state index in [2.05, 4.69) is 41.1 Å². The van der Waals surface area contributed by atoms with E-state index >= 15 is 0 Å². The van der Waals surface area contributed by atoms with Gasteiger partial charge in [-0.05, 0) is 62.1 Å². The molecule has 2 unspecified atom stereocenters. The molecular weight excluding hydrogens is 288 g/mol. The van der Waals surface area contributed by atoms with Crippen LogP contribution in [0.1, 0.15) is 54.1 Å². The maximum Gasteiger partial charge on any atom is 0.0820 e. The van der Waals surface area contributed by atoms with Crippen LogP contribution in [0, 0.1) is 0 Å². The zero-order valence-corrected chi connectivity index (χ0v) is 12.6. The molecule has 1 aromatic carbocycles. The number of aryl methyl sites for hydroxylation is 2. The van der Waals surface area contributed by atoms with Crippen LogP contribution in [0.25, 0.3) is 0 Å². The van der Waals surface area contributed by atoms with Gasteiger partial charge in [0.05, 0.1) is 10.4 Å². The van der Waals surface area contributed by atoms with Crippen LogP contribution in [0.3, 0.4) is 0 Å². The summed E-state index contributed by atoms with van der Waals surface area (Å²) >= 11 is 3.87. The van der Waals surface area contributed by atoms with Crippen LogP contribution < -0.4 is 0 Å². The van der Waals surface area contributed by atoms with E-state index in [-0.39, 0.29) is 5.60 Å². The van der Waals surface area contributed by atoms with Crippen molar-refractivity contribution in [3.05, 3.63) is 34.9 Å². The van der Waals surface area contributed by atoms with E-state index in [9.17, 15) is 0 Å². The number of hydrogen-bond acceptors (Lipinski definition) is 1. The number of fused-ring (bicyclic) bond motifs is 1. The summed E-state index contributed by atoms with van der Waals surface area (Å²) < 4.78 is 5.95. The molecule has 3 rings (SSSR count). The minimum Gasteiger partial charge on any atom is -0.374 e. The standard InChI is InChI=1S/C16H21BrO/c1-16(9-4-10-18-16)15(17)14-8-7-12-5-2-3-6-13(12)11-14/h7-8,11,15H,2-6,9-10H2,1H3. The second-order valence-corrected chi connectivity index (χ2v) is 6.78. The summed E-state index contributed by atoms with van der Waals surface area (Å²) in [5, 5.41) is 0. The van der Waals surface area contributed by atoms with E-state index in [0.29, 0.717) is 4.83 Å². The van der Waals surface area contributed by atoms with Gasteiger partial charge in [0.25, 0.3) is 0 Å². The number of benzene rings is 1. The highest BCUT2D eigenvalue weighted by Crippen LogP contribution is 2.43. The molecule has 1 saturated heterocycles. The van der Waals surface area contributed by atoms with Crippen LogP contribution >= 0.6 is 15.9 Å². The lowest BCUT2D eigenvalue weighted by Gasteiger charge is -2.30. The van der Waals surface area contributed by atoms with Crippen molar-refractivity contribution in [2.75, 3.05) is 6.61 Å². The van der Waals surface area contributed by atoms with E-state index in [1.54, 1.807) is 11.1 Å². The first kappa shape index (κ1) is 12.7. The van der Waals surface area contributed by atoms with Crippen molar-refractivity contribution < 1.29 is 4.74 Å². The molecule has 0 spiro atoms. The van der Waals surface area contributed by atoms with Crippen molar-refractivity contribution in [1.82, 2.24) is 0 Å². The van der Waals surface area contributed by atoms with E-state index in [0.717, 1.165) is 13.0 Å². The molecule has 0 aromatic heterocycles. The summed E-state index contributed by atoms with van der Waals surface area (Å²) in [7, 11) is 0. The summed E-state index contributed by atoms with van der Waals surface area (Å²) in [6.45, 7) is 3.14. The van der Waals surface area contributed by atoms with Crippen molar-refractivity contribution in [1.29, 1.82) is 0 Å². The van der Waals surface area contributed by atoms with Crippen molar-refractivity contribution in [3.8, 4) is 0 Å². The Balaban J connectivity index is 1.87. The van der Waals surface area contributed by atoms with E-state index < -0.39 is 0 Å². The van der Waals surface area contributed by atoms with Gasteiger partial charge in [-0.25, -0.2) is 0 Å². The Labute approximate surface area is 118 Å². The molecule has 2 atom stereocenters. The number of hydrogen-bond donors (Lipinski definition) is 0. The summed E-state index contributed by atoms with van der Waals surface area (Å²) in [5.74, 6) is 0. The third-order valence-electron chi connectivity index (χ3n) is 4.45. The van der Waals surface area contributed by atoms with Gasteiger partial charge in [-0.15, -0.1) is 0 Å². The van der Waals surface area contributed by atoms with E-state index in [4.69, 9.17) is 4.74 Å². The number of alkyl halides is 1. The van der Waals surface area contributed by atoms with Crippen molar-refractivity contribution in [2.45, 2.75) is 55.9 Å². The molecule has 18 heavy (non-hydrogen) atoms. The third kappa shape index (κ3) is 2.25. The molecule has 2 heteroatoms. The SMILES string of the molecule is CC1(C(Br)c2ccc3c(c2)CCCC3)CCCO1. The molecule has 1 fully saturated rings. The van der Waals surface area contributed by atoms with Gasteiger partial charge < -0.3 is 4.74 Å². The first-order valence-corrected chi connectivity index (χ1v) is 8.00. The van der Waals surface area contributed by atoms with Gasteiger partial charge in [-0.3, -0.25) is 0 Å². The fraction of sp³-hybridized carbons (Fsp3) is 0.625. The Kier molecular flexibility index (Phi) is 3.50. The monoisotopic (exact) mass is 308 g/mol. The largest absolute Gasteiger partial charge is 0.374 e. The lowest BCUT2D eigenvalue weighted by molar-refractivity contribution is 0.0197. The lowest BCUT2D eigenvalue weighted by Crippen LogP contribution is -2.28. The highest BCUT2D eigenvalue weighted by Gasteiger charge is 2.37. The molecule has 1 aromatic rings. The van der Waals surface area contributed by atoms with Gasteiger partial charge in [-0.1, -0.05) is 34.1 Å². The summed E-state index contributed by atoms with van der Waals surface area (Å²) in [4.78, 5) is 0.319. The maximum absolute atomic E-state index is 5.95. The van der Waals surface area contributed by atoms with Crippen LogP contribution in [0.2, 0.25) is 0 Å². The molecule has 0 radical (unpaired) electrons. The zero-order valence-electron chi connectivity index (χ0n) is 11.0. The number of rotatable bonds is 2. The molecule has 2 aliphatic rings. The van der Waals surface area contributed by atoms with Gasteiger partial charge in [0.2, 0.25) is 0 Å². The normalized spacial score (nSPS) is 29.0. The van der Waals surface area contributed by atoms with E-state index in [1.165, 1.54) is 37.7 Å². The Hall–Kier alpha value is -0.340. The molecule has 1 aliphatic heterocycles. The minimum absolute atomic E-state index is 0.0249. The Morgan fingerprint density at radius 3 is 2.67 bits per heavy atom. The Bertz CT molecular complexity index is 435. The fourth-order valence-electron chi connectivity index (χ4n) is 3.26. The summed E-state index contributed by atoms with van der Waals surface area (Å²) in [6, 6.07) is 7.02. The van der Waals surface area contributed by atoms with Crippen LogP contribution in [-0.4, -0.2) is 12.2 Å². The highest BCUT2D eigenvalue weighted by atomic mass is 79.9. The molecule has 0 amide bonds. The first-order valence-electron chi connectivity index (χ1n) is 7.09. The topological polar surface area (TPSA) is 9.23 Å². The molecule has 0 saturated carbocycles. The maximum atomic E-state index is 5.95. The number of ether oxygens (including phenoxy) is 1. The predicted molar refractivity (Wildman–Crippen MR) is 78.3 cm³/mol. The highest BCUT2D eigenvalue weighted by molar-refractivity contribution is 9.09. The summed E-state index contributed by atoms with van der Waals surface area (Å²) in [5.41, 5.74) is 4.48. The number of halogens is 1. The Morgan fingerprint density at radius 2 is 1.94 bits per heavy atom. The second-order valence-electron chi connectivity index (χ2n) is 5.86. The average molecular weight is 309 g/mol. The Morgan fingerprint density at radius 1 is 1.17 bits per heavy atom. The second kappa shape index (κ2) is 4.97. The molecule has 1 aliphatic carbocycles. The van der Waals surface area contributed by atoms with Crippen LogP contribution in [0.4, 0.5) is 0 Å². The predicted octanol–water partition coefficient (Wildman–Crippen LogP) is 4.57. The van der Waals surface area contributed by atoms with Gasteiger partial charge in [0.1, 0.15) is 0 Å². The van der Waals surface area contributed by atoms with Gasteiger partial charge in [0, 0.05) is 6.61 Å². The van der Waals surface area contributed by atoms with E-state index in [1.807, 2.05) is 0 Å². The molecule has 0 N–H and O–H groups in total. The molecule has 98 valence electrons. The summed E-state index contributed by atoms with van der Waals surface area (Å²) in [6.07, 6.45) is 7.54. The van der Waals surface area contributed by atoms with Gasteiger partial charge >= 0.3 is 0 Å². The quantitative estimate of drug-likeness (QED) is 0.727. The van der Waals surface area contributed by atoms with Crippen molar-refractivity contribution in [2.24, 2.45) is 0 Å². The first-order chi connectivity index (χ1) is 8.69. The van der Waals surface area contributed by atoms with Crippen LogP contribution in [0.15, 0.2) is 18.2 Å².